The Morgan fingerprint density at radius 2 is 2.42 bits per heavy atom. The van der Waals surface area contributed by atoms with Gasteiger partial charge in [0.15, 0.2) is 0 Å². The summed E-state index contributed by atoms with van der Waals surface area (Å²) >= 11 is 1.20. The molecule has 1 aromatic heterocycles. The highest BCUT2D eigenvalue weighted by Gasteiger charge is 2.35. The van der Waals surface area contributed by atoms with E-state index in [9.17, 15) is 19.1 Å². The predicted molar refractivity (Wildman–Crippen MR) is 66.3 cm³/mol. The number of halogens is 1. The molecule has 0 aromatic carbocycles. The van der Waals surface area contributed by atoms with Crippen molar-refractivity contribution in [2.75, 3.05) is 6.61 Å². The van der Waals surface area contributed by atoms with Crippen molar-refractivity contribution in [1.82, 2.24) is 9.55 Å². The summed E-state index contributed by atoms with van der Waals surface area (Å²) in [5.74, 6) is -1.06. The van der Waals surface area contributed by atoms with Gasteiger partial charge in [0, 0.05) is 10.2 Å². The van der Waals surface area contributed by atoms with Gasteiger partial charge in [0.05, 0.1) is 24.2 Å². The van der Waals surface area contributed by atoms with Gasteiger partial charge in [0.2, 0.25) is 5.82 Å². The van der Waals surface area contributed by atoms with Crippen LogP contribution in [0.3, 0.4) is 0 Å². The lowest BCUT2D eigenvalue weighted by molar-refractivity contribution is 0.283. The number of aromatic nitrogens is 2. The highest BCUT2D eigenvalue weighted by molar-refractivity contribution is 8.00. The maximum Gasteiger partial charge on any atom is 0.329 e. The minimum atomic E-state index is -1.07. The summed E-state index contributed by atoms with van der Waals surface area (Å²) in [6.07, 6.45) is 1.11. The minimum absolute atomic E-state index is 0.217. The van der Waals surface area contributed by atoms with Crippen LogP contribution in [-0.4, -0.2) is 32.6 Å². The monoisotopic (exact) mass is 287 g/mol. The summed E-state index contributed by atoms with van der Waals surface area (Å²) in [6.45, 7) is -0.217. The van der Waals surface area contributed by atoms with E-state index in [2.05, 4.69) is 10.0 Å². The van der Waals surface area contributed by atoms with E-state index < -0.39 is 28.5 Å². The number of azide groups is 1. The molecule has 0 spiro atoms. The van der Waals surface area contributed by atoms with Crippen LogP contribution < -0.4 is 11.2 Å². The molecule has 8 nitrogen and oxygen atoms in total. The van der Waals surface area contributed by atoms with Crippen molar-refractivity contribution in [2.24, 2.45) is 5.11 Å². The topological polar surface area (TPSA) is 124 Å². The molecule has 0 aliphatic carbocycles. The van der Waals surface area contributed by atoms with Crippen LogP contribution in [0.5, 0.6) is 0 Å². The van der Waals surface area contributed by atoms with Gasteiger partial charge in [0.25, 0.3) is 5.56 Å². The van der Waals surface area contributed by atoms with Crippen LogP contribution in [0.1, 0.15) is 11.8 Å². The van der Waals surface area contributed by atoms with Crippen LogP contribution in [0.2, 0.25) is 0 Å². The fraction of sp³-hybridized carbons (Fsp3) is 0.556. The summed E-state index contributed by atoms with van der Waals surface area (Å²) in [7, 11) is 0. The third kappa shape index (κ3) is 2.65. The standard InChI is InChI=1S/C9H10FN5O3S/c10-4-2-15(9(18)12-8(4)17)7-1-5(13-14-11)6(3-16)19-7/h2,5-7,16H,1,3H2,(H,12,17,18)/t5-,6+,7+/m0/s1. The molecule has 0 amide bonds. The molecule has 2 rings (SSSR count). The van der Waals surface area contributed by atoms with Crippen molar-refractivity contribution < 1.29 is 9.50 Å². The van der Waals surface area contributed by atoms with E-state index in [-0.39, 0.29) is 18.3 Å². The molecular weight excluding hydrogens is 277 g/mol. The average molecular weight is 287 g/mol. The molecule has 0 bridgehead atoms. The Bertz CT molecular complexity index is 637. The summed E-state index contributed by atoms with van der Waals surface area (Å²) in [4.78, 5) is 27.1. The van der Waals surface area contributed by atoms with Gasteiger partial charge in [-0.25, -0.2) is 4.79 Å². The van der Waals surface area contributed by atoms with Gasteiger partial charge >= 0.3 is 5.69 Å². The number of nitrogens with one attached hydrogen (secondary N) is 1. The van der Waals surface area contributed by atoms with Crippen molar-refractivity contribution in [3.63, 3.8) is 0 Å². The first kappa shape index (κ1) is 13.7. The van der Waals surface area contributed by atoms with Crippen LogP contribution >= 0.6 is 11.8 Å². The smallest absolute Gasteiger partial charge is 0.329 e. The van der Waals surface area contributed by atoms with Crippen molar-refractivity contribution in [3.05, 3.63) is 43.3 Å². The van der Waals surface area contributed by atoms with Crippen molar-refractivity contribution in [3.8, 4) is 0 Å². The maximum atomic E-state index is 13.2. The molecule has 102 valence electrons. The predicted octanol–water partition coefficient (Wildman–Crippen LogP) is 0.351. The zero-order chi connectivity index (χ0) is 14.0. The number of hydrogen-bond acceptors (Lipinski definition) is 5. The first-order valence-electron chi connectivity index (χ1n) is 5.38. The van der Waals surface area contributed by atoms with Gasteiger partial charge in [-0.1, -0.05) is 5.11 Å². The van der Waals surface area contributed by atoms with Gasteiger partial charge in [-0.15, -0.1) is 11.8 Å². The van der Waals surface area contributed by atoms with E-state index in [1.54, 1.807) is 0 Å². The normalized spacial score (nSPS) is 26.1. The van der Waals surface area contributed by atoms with Gasteiger partial charge in [0.1, 0.15) is 0 Å². The molecule has 1 aliphatic heterocycles. The highest BCUT2D eigenvalue weighted by Crippen LogP contribution is 2.42. The zero-order valence-electron chi connectivity index (χ0n) is 9.56. The molecule has 1 saturated heterocycles. The number of rotatable bonds is 3. The highest BCUT2D eigenvalue weighted by atomic mass is 32.2. The minimum Gasteiger partial charge on any atom is -0.395 e. The second kappa shape index (κ2) is 5.47. The van der Waals surface area contributed by atoms with Crippen LogP contribution in [0.15, 0.2) is 20.9 Å². The van der Waals surface area contributed by atoms with Gasteiger partial charge in [-0.2, -0.15) is 4.39 Å². The molecule has 1 aromatic rings. The van der Waals surface area contributed by atoms with E-state index in [0.29, 0.717) is 0 Å². The number of hydrogen-bond donors (Lipinski definition) is 2. The number of aromatic amines is 1. The number of aliphatic hydroxyl groups is 1. The Morgan fingerprint density at radius 1 is 1.68 bits per heavy atom. The quantitative estimate of drug-likeness (QED) is 0.473. The van der Waals surface area contributed by atoms with Crippen LogP contribution in [0.4, 0.5) is 4.39 Å². The Kier molecular flexibility index (Phi) is 3.93. The van der Waals surface area contributed by atoms with Gasteiger partial charge in [-0.3, -0.25) is 14.3 Å². The lowest BCUT2D eigenvalue weighted by atomic mass is 10.1. The molecule has 2 heterocycles. The number of aliphatic hydroxyl groups excluding tert-OH is 1. The summed E-state index contributed by atoms with van der Waals surface area (Å²) in [5.41, 5.74) is 6.61. The summed E-state index contributed by atoms with van der Waals surface area (Å²) < 4.78 is 14.2. The third-order valence-electron chi connectivity index (χ3n) is 2.82. The zero-order valence-corrected chi connectivity index (χ0v) is 10.4. The molecular formula is C9H10FN5O3S. The molecule has 0 unspecified atom stereocenters. The molecule has 2 N–H and O–H groups in total. The molecule has 0 saturated carbocycles. The van der Waals surface area contributed by atoms with Gasteiger partial charge in [-0.05, 0) is 12.0 Å². The van der Waals surface area contributed by atoms with Crippen LogP contribution in [-0.2, 0) is 0 Å². The van der Waals surface area contributed by atoms with Crippen LogP contribution in [0.25, 0.3) is 10.4 Å². The average Bonchev–Trinajstić information content (AvgIpc) is 2.77. The number of nitrogens with zero attached hydrogens (tertiary/aromatic N) is 4. The third-order valence-corrected chi connectivity index (χ3v) is 4.37. The van der Waals surface area contributed by atoms with E-state index in [1.165, 1.54) is 11.8 Å². The van der Waals surface area contributed by atoms with Crippen molar-refractivity contribution in [2.45, 2.75) is 23.1 Å². The molecule has 1 fully saturated rings. The van der Waals surface area contributed by atoms with Crippen molar-refractivity contribution >= 4 is 11.8 Å². The van der Waals surface area contributed by atoms with E-state index in [4.69, 9.17) is 5.53 Å². The Morgan fingerprint density at radius 3 is 3.05 bits per heavy atom. The molecule has 10 heteroatoms. The SMILES string of the molecule is [N-]=[N+]=N[C@H]1C[C@H](n2cc(F)c(=O)[nH]c2=O)S[C@@H]1CO. The molecule has 1 aliphatic rings. The second-order valence-corrected chi connectivity index (χ2v) is 5.39. The fourth-order valence-electron chi connectivity index (χ4n) is 1.91. The Hall–Kier alpha value is -1.77. The summed E-state index contributed by atoms with van der Waals surface area (Å²) in [5, 5.41) is 11.9. The summed E-state index contributed by atoms with van der Waals surface area (Å²) in [6, 6.07) is -0.480. The Labute approximate surface area is 109 Å². The molecule has 19 heavy (non-hydrogen) atoms. The van der Waals surface area contributed by atoms with E-state index >= 15 is 0 Å². The lowest BCUT2D eigenvalue weighted by Crippen LogP contribution is -2.32. The first-order valence-corrected chi connectivity index (χ1v) is 6.32. The van der Waals surface area contributed by atoms with E-state index in [1.807, 2.05) is 4.98 Å². The molecule has 0 radical (unpaired) electrons. The fourth-order valence-corrected chi connectivity index (χ4v) is 3.35. The molecule has 3 atom stereocenters. The van der Waals surface area contributed by atoms with Gasteiger partial charge < -0.3 is 5.11 Å². The first-order chi connectivity index (χ1) is 9.06. The number of thioether (sulfide) groups is 1. The Balaban J connectivity index is 2.34. The van der Waals surface area contributed by atoms with Crippen LogP contribution in [0, 0.1) is 5.82 Å². The second-order valence-electron chi connectivity index (χ2n) is 3.96. The number of H-pyrrole nitrogens is 1. The van der Waals surface area contributed by atoms with E-state index in [0.717, 1.165) is 10.8 Å². The lowest BCUT2D eigenvalue weighted by Gasteiger charge is -2.12. The maximum absolute atomic E-state index is 13.2. The largest absolute Gasteiger partial charge is 0.395 e. The van der Waals surface area contributed by atoms with Crippen molar-refractivity contribution in [1.29, 1.82) is 0 Å².